The number of aliphatic imine (C=N–C) groups is 1. The fourth-order valence-electron chi connectivity index (χ4n) is 3.40. The Bertz CT molecular complexity index is 1120. The molecule has 28 heavy (non-hydrogen) atoms. The molecule has 138 valence electrons. The fraction of sp³-hybridized carbons (Fsp3) is 0.0952. The summed E-state index contributed by atoms with van der Waals surface area (Å²) >= 11 is 6.42. The molecule has 0 amide bonds. The van der Waals surface area contributed by atoms with Crippen molar-refractivity contribution in [1.29, 1.82) is 0 Å². The molecule has 0 radical (unpaired) electrons. The van der Waals surface area contributed by atoms with Crippen molar-refractivity contribution in [2.24, 2.45) is 4.99 Å². The second kappa shape index (κ2) is 6.73. The monoisotopic (exact) mass is 391 g/mol. The summed E-state index contributed by atoms with van der Waals surface area (Å²) in [5.41, 5.74) is 3.53. The van der Waals surface area contributed by atoms with Crippen molar-refractivity contribution < 1.29 is 4.39 Å². The van der Waals surface area contributed by atoms with Gasteiger partial charge in [0.05, 0.1) is 6.54 Å². The van der Waals surface area contributed by atoms with Crippen LogP contribution in [0, 0.1) is 5.82 Å². The molecule has 1 aromatic heterocycles. The molecule has 0 saturated heterocycles. The first-order valence-electron chi connectivity index (χ1n) is 8.88. The van der Waals surface area contributed by atoms with Crippen molar-refractivity contribution in [3.8, 4) is 0 Å². The molecule has 0 spiro atoms. The van der Waals surface area contributed by atoms with Gasteiger partial charge >= 0.3 is 0 Å². The average molecular weight is 392 g/mol. The maximum absolute atomic E-state index is 13.1. The average Bonchev–Trinajstić information content (AvgIpc) is 3.20. The lowest BCUT2D eigenvalue weighted by Crippen LogP contribution is -2.32. The summed E-state index contributed by atoms with van der Waals surface area (Å²) in [6, 6.07) is 13.8. The number of nitrogens with one attached hydrogen (secondary N) is 1. The maximum atomic E-state index is 13.1. The summed E-state index contributed by atoms with van der Waals surface area (Å²) < 4.78 is 13.1. The highest BCUT2D eigenvalue weighted by Crippen LogP contribution is 2.37. The van der Waals surface area contributed by atoms with Gasteiger partial charge < -0.3 is 10.2 Å². The summed E-state index contributed by atoms with van der Waals surface area (Å²) in [5, 5.41) is 3.80. The molecule has 1 N–H and O–H groups in total. The molecular formula is C21H15ClFN5. The van der Waals surface area contributed by atoms with E-state index in [1.807, 2.05) is 30.3 Å². The molecule has 2 aromatic carbocycles. The largest absolute Gasteiger partial charge is 0.324 e. The quantitative estimate of drug-likeness (QED) is 0.697. The second-order valence-electron chi connectivity index (χ2n) is 6.50. The van der Waals surface area contributed by atoms with Crippen LogP contribution in [0.25, 0.3) is 11.6 Å². The highest BCUT2D eigenvalue weighted by Gasteiger charge is 2.31. The molecule has 0 fully saturated rings. The Hall–Kier alpha value is -3.25. The van der Waals surface area contributed by atoms with E-state index in [1.165, 1.54) is 12.1 Å². The summed E-state index contributed by atoms with van der Waals surface area (Å²) in [4.78, 5) is 15.9. The molecule has 0 saturated carbocycles. The molecule has 0 bridgehead atoms. The second-order valence-corrected chi connectivity index (χ2v) is 6.91. The Morgan fingerprint density at radius 3 is 2.71 bits per heavy atom. The minimum atomic E-state index is -0.285. The highest BCUT2D eigenvalue weighted by molar-refractivity contribution is 6.40. The molecule has 0 atom stereocenters. The van der Waals surface area contributed by atoms with Gasteiger partial charge in [-0.3, -0.25) is 4.99 Å². The van der Waals surface area contributed by atoms with Gasteiger partial charge in [0.15, 0.2) is 0 Å². The van der Waals surface area contributed by atoms with Gasteiger partial charge in [0, 0.05) is 40.2 Å². The lowest BCUT2D eigenvalue weighted by Gasteiger charge is -2.27. The Morgan fingerprint density at radius 2 is 1.89 bits per heavy atom. The zero-order valence-corrected chi connectivity index (χ0v) is 15.5. The first kappa shape index (κ1) is 16.9. The molecular weight excluding hydrogens is 377 g/mol. The van der Waals surface area contributed by atoms with E-state index >= 15 is 0 Å². The third-order valence-electron chi connectivity index (χ3n) is 4.70. The van der Waals surface area contributed by atoms with Crippen molar-refractivity contribution in [2.75, 3.05) is 23.3 Å². The van der Waals surface area contributed by atoms with Crippen LogP contribution in [0.3, 0.4) is 0 Å². The van der Waals surface area contributed by atoms with Crippen LogP contribution in [0.2, 0.25) is 5.02 Å². The molecule has 2 aliphatic heterocycles. The van der Waals surface area contributed by atoms with E-state index in [2.05, 4.69) is 25.2 Å². The zero-order valence-electron chi connectivity index (χ0n) is 14.7. The van der Waals surface area contributed by atoms with Crippen LogP contribution in [0.5, 0.6) is 0 Å². The van der Waals surface area contributed by atoms with Gasteiger partial charge in [-0.2, -0.15) is 4.98 Å². The maximum Gasteiger partial charge on any atom is 0.229 e. The normalized spacial score (nSPS) is 14.9. The molecule has 2 aliphatic rings. The van der Waals surface area contributed by atoms with Crippen LogP contribution in [0.4, 0.5) is 21.8 Å². The Morgan fingerprint density at radius 1 is 1.07 bits per heavy atom. The smallest absolute Gasteiger partial charge is 0.229 e. The summed E-state index contributed by atoms with van der Waals surface area (Å²) in [5.74, 6) is 1.83. The Labute approximate surface area is 166 Å². The van der Waals surface area contributed by atoms with Crippen molar-refractivity contribution >= 4 is 46.5 Å². The van der Waals surface area contributed by atoms with E-state index in [0.29, 0.717) is 17.5 Å². The molecule has 0 unspecified atom stereocenters. The van der Waals surface area contributed by atoms with Crippen LogP contribution in [0.15, 0.2) is 59.7 Å². The third kappa shape index (κ3) is 2.92. The number of hydrogen-bond acceptors (Lipinski definition) is 5. The number of nitrogens with zero attached hydrogens (tertiary/aromatic N) is 4. The van der Waals surface area contributed by atoms with Crippen molar-refractivity contribution in [2.45, 2.75) is 0 Å². The number of benzene rings is 2. The number of anilines is 3. The minimum absolute atomic E-state index is 0.285. The zero-order chi connectivity index (χ0) is 19.1. The van der Waals surface area contributed by atoms with Gasteiger partial charge in [0.2, 0.25) is 5.95 Å². The highest BCUT2D eigenvalue weighted by atomic mass is 35.5. The van der Waals surface area contributed by atoms with E-state index in [9.17, 15) is 4.39 Å². The molecule has 3 aromatic rings. The fourth-order valence-corrected chi connectivity index (χ4v) is 3.64. The van der Waals surface area contributed by atoms with Gasteiger partial charge in [-0.1, -0.05) is 29.8 Å². The first-order valence-corrected chi connectivity index (χ1v) is 9.25. The minimum Gasteiger partial charge on any atom is -0.324 e. The molecule has 7 heteroatoms. The number of rotatable bonds is 3. The molecule has 0 aliphatic carbocycles. The summed E-state index contributed by atoms with van der Waals surface area (Å²) in [6.07, 6.45) is 3.80. The predicted molar refractivity (Wildman–Crippen MR) is 111 cm³/mol. The predicted octanol–water partition coefficient (Wildman–Crippen LogP) is 4.79. The summed E-state index contributed by atoms with van der Waals surface area (Å²) in [6.45, 7) is 1.44. The number of halogens is 2. The number of hydrogen-bond donors (Lipinski definition) is 1. The first-order chi connectivity index (χ1) is 13.7. The van der Waals surface area contributed by atoms with Crippen LogP contribution in [-0.4, -0.2) is 28.9 Å². The molecule has 5 nitrogen and oxygen atoms in total. The van der Waals surface area contributed by atoms with Gasteiger partial charge in [0.1, 0.15) is 17.5 Å². The Balaban J connectivity index is 1.55. The SMILES string of the molecule is Fc1ccc(Nc2ncc3c(n2)N2CCN=C2C(c2ccccc2Cl)=C3)cc1. The van der Waals surface area contributed by atoms with Crippen molar-refractivity contribution in [3.05, 3.63) is 76.7 Å². The van der Waals surface area contributed by atoms with E-state index in [0.717, 1.165) is 40.6 Å². The standard InChI is InChI=1S/C21H15ClFN5/c22-18-4-2-1-3-16(18)17-11-13-12-25-21(26-15-7-5-14(23)6-8-15)27-19(13)28-10-9-24-20(17)28/h1-8,11-12H,9-10H2,(H,25,26,27). The van der Waals surface area contributed by atoms with E-state index in [1.54, 1.807) is 18.3 Å². The van der Waals surface area contributed by atoms with Gasteiger partial charge in [-0.05, 0) is 36.4 Å². The third-order valence-corrected chi connectivity index (χ3v) is 5.03. The van der Waals surface area contributed by atoms with Gasteiger partial charge in [-0.15, -0.1) is 0 Å². The van der Waals surface area contributed by atoms with Crippen LogP contribution in [0.1, 0.15) is 11.1 Å². The van der Waals surface area contributed by atoms with Crippen LogP contribution >= 0.6 is 11.6 Å². The lowest BCUT2D eigenvalue weighted by molar-refractivity contribution is 0.628. The number of fused-ring (bicyclic) bond motifs is 3. The van der Waals surface area contributed by atoms with Gasteiger partial charge in [-0.25, -0.2) is 9.37 Å². The topological polar surface area (TPSA) is 53.4 Å². The van der Waals surface area contributed by atoms with Crippen molar-refractivity contribution in [3.63, 3.8) is 0 Å². The molecule has 3 heterocycles. The van der Waals surface area contributed by atoms with Crippen molar-refractivity contribution in [1.82, 2.24) is 9.97 Å². The van der Waals surface area contributed by atoms with E-state index in [-0.39, 0.29) is 5.82 Å². The summed E-state index contributed by atoms with van der Waals surface area (Å²) in [7, 11) is 0. The Kier molecular flexibility index (Phi) is 4.06. The van der Waals surface area contributed by atoms with Crippen LogP contribution < -0.4 is 10.2 Å². The number of aromatic nitrogens is 2. The van der Waals surface area contributed by atoms with Crippen LogP contribution in [-0.2, 0) is 0 Å². The lowest BCUT2D eigenvalue weighted by atomic mass is 9.98. The van der Waals surface area contributed by atoms with E-state index < -0.39 is 0 Å². The number of amidine groups is 1. The van der Waals surface area contributed by atoms with E-state index in [4.69, 9.17) is 11.6 Å². The van der Waals surface area contributed by atoms with Gasteiger partial charge in [0.25, 0.3) is 0 Å². The molecule has 5 rings (SSSR count).